The van der Waals surface area contributed by atoms with Crippen LogP contribution in [0, 0.1) is 0 Å². The van der Waals surface area contributed by atoms with Crippen LogP contribution in [0.5, 0.6) is 0 Å². The van der Waals surface area contributed by atoms with E-state index in [-0.39, 0.29) is 11.9 Å². The average Bonchev–Trinajstić information content (AvgIpc) is 2.57. The lowest BCUT2D eigenvalue weighted by molar-refractivity contribution is -0.123. The molecule has 16 heavy (non-hydrogen) atoms. The van der Waals surface area contributed by atoms with Gasteiger partial charge in [0.15, 0.2) is 0 Å². The monoisotopic (exact) mass is 242 g/mol. The molecular formula is C12H22N2OS. The van der Waals surface area contributed by atoms with Crippen LogP contribution < -0.4 is 10.6 Å². The molecule has 0 bridgehead atoms. The van der Waals surface area contributed by atoms with E-state index in [0.29, 0.717) is 0 Å². The van der Waals surface area contributed by atoms with Gasteiger partial charge in [0, 0.05) is 18.1 Å². The predicted molar refractivity (Wildman–Crippen MR) is 70.8 cm³/mol. The van der Waals surface area contributed by atoms with Crippen molar-refractivity contribution in [2.24, 2.45) is 0 Å². The van der Waals surface area contributed by atoms with E-state index in [1.807, 2.05) is 6.08 Å². The van der Waals surface area contributed by atoms with Crippen LogP contribution in [0.3, 0.4) is 0 Å². The molecular weight excluding hydrogens is 220 g/mol. The minimum Gasteiger partial charge on any atom is -0.354 e. The second-order valence-corrected chi connectivity index (χ2v) is 5.16. The largest absolute Gasteiger partial charge is 0.354 e. The number of carbonyl (C=O) groups excluding carboxylic acids is 1. The summed E-state index contributed by atoms with van der Waals surface area (Å²) in [6.45, 7) is 5.39. The van der Waals surface area contributed by atoms with Crippen molar-refractivity contribution in [2.45, 2.75) is 31.7 Å². The number of rotatable bonds is 6. The van der Waals surface area contributed by atoms with Gasteiger partial charge in [0.1, 0.15) is 0 Å². The lowest BCUT2D eigenvalue weighted by atomic mass is 10.1. The first-order valence-electron chi connectivity index (χ1n) is 6.04. The molecule has 2 N–H and O–H groups in total. The normalized spacial score (nSPS) is 21.1. The van der Waals surface area contributed by atoms with Crippen molar-refractivity contribution in [3.8, 4) is 0 Å². The number of hydrogen-bond donors (Lipinski definition) is 2. The van der Waals surface area contributed by atoms with E-state index in [2.05, 4.69) is 17.2 Å². The van der Waals surface area contributed by atoms with E-state index in [1.54, 1.807) is 11.8 Å². The number of nitrogens with one attached hydrogen (secondary N) is 2. The third-order valence-electron chi connectivity index (χ3n) is 2.66. The molecule has 1 heterocycles. The van der Waals surface area contributed by atoms with Crippen molar-refractivity contribution in [1.82, 2.24) is 10.6 Å². The Bertz CT molecular complexity index is 213. The summed E-state index contributed by atoms with van der Waals surface area (Å²) in [7, 11) is 0. The van der Waals surface area contributed by atoms with Gasteiger partial charge in [0.05, 0.1) is 6.04 Å². The lowest BCUT2D eigenvalue weighted by Gasteiger charge is -2.15. The molecule has 1 fully saturated rings. The van der Waals surface area contributed by atoms with Crippen LogP contribution in [0.4, 0.5) is 0 Å². The molecule has 4 heteroatoms. The molecule has 0 saturated carbocycles. The van der Waals surface area contributed by atoms with E-state index >= 15 is 0 Å². The Morgan fingerprint density at radius 3 is 3.19 bits per heavy atom. The second kappa shape index (κ2) is 8.65. The van der Waals surface area contributed by atoms with Crippen LogP contribution in [0.25, 0.3) is 0 Å². The van der Waals surface area contributed by atoms with Gasteiger partial charge in [-0.3, -0.25) is 4.79 Å². The van der Waals surface area contributed by atoms with Gasteiger partial charge in [-0.25, -0.2) is 0 Å². The van der Waals surface area contributed by atoms with Gasteiger partial charge in [0.25, 0.3) is 0 Å². The SMILES string of the molecule is C=CCSCCNC(=O)C1CCCCCN1. The maximum Gasteiger partial charge on any atom is 0.237 e. The van der Waals surface area contributed by atoms with E-state index in [1.165, 1.54) is 12.8 Å². The zero-order chi connectivity index (χ0) is 11.6. The van der Waals surface area contributed by atoms with Crippen LogP contribution in [0.1, 0.15) is 25.7 Å². The van der Waals surface area contributed by atoms with Gasteiger partial charge in [0.2, 0.25) is 5.91 Å². The van der Waals surface area contributed by atoms with Crippen LogP contribution in [-0.4, -0.2) is 36.5 Å². The minimum absolute atomic E-state index is 0.0342. The first-order chi connectivity index (χ1) is 7.84. The highest BCUT2D eigenvalue weighted by molar-refractivity contribution is 7.99. The Kier molecular flexibility index (Phi) is 7.34. The number of carbonyl (C=O) groups is 1. The Morgan fingerprint density at radius 1 is 1.50 bits per heavy atom. The Morgan fingerprint density at radius 2 is 2.38 bits per heavy atom. The predicted octanol–water partition coefficient (Wildman–Crippen LogP) is 1.55. The van der Waals surface area contributed by atoms with Crippen molar-refractivity contribution in [3.05, 3.63) is 12.7 Å². The highest BCUT2D eigenvalue weighted by Gasteiger charge is 2.18. The summed E-state index contributed by atoms with van der Waals surface area (Å²) in [6, 6.07) is 0.0342. The Balaban J connectivity index is 2.10. The molecule has 1 unspecified atom stereocenters. The third kappa shape index (κ3) is 5.56. The van der Waals surface area contributed by atoms with E-state index in [0.717, 1.165) is 37.4 Å². The van der Waals surface area contributed by atoms with Gasteiger partial charge in [-0.1, -0.05) is 18.9 Å². The van der Waals surface area contributed by atoms with Crippen LogP contribution in [0.2, 0.25) is 0 Å². The van der Waals surface area contributed by atoms with Gasteiger partial charge in [-0.05, 0) is 19.4 Å². The summed E-state index contributed by atoms with van der Waals surface area (Å²) < 4.78 is 0. The minimum atomic E-state index is 0.0342. The fourth-order valence-corrected chi connectivity index (χ4v) is 2.37. The molecule has 92 valence electrons. The third-order valence-corrected chi connectivity index (χ3v) is 3.62. The molecule has 0 aromatic rings. The summed E-state index contributed by atoms with van der Waals surface area (Å²) in [6.07, 6.45) is 6.46. The van der Waals surface area contributed by atoms with Crippen molar-refractivity contribution in [2.75, 3.05) is 24.6 Å². The summed E-state index contributed by atoms with van der Waals surface area (Å²) in [5, 5.41) is 6.28. The van der Waals surface area contributed by atoms with Crippen molar-refractivity contribution >= 4 is 17.7 Å². The summed E-state index contributed by atoms with van der Waals surface area (Å²) >= 11 is 1.79. The van der Waals surface area contributed by atoms with Gasteiger partial charge >= 0.3 is 0 Å². The topological polar surface area (TPSA) is 41.1 Å². The number of amides is 1. The fourth-order valence-electron chi connectivity index (χ4n) is 1.79. The molecule has 1 aliphatic heterocycles. The maximum atomic E-state index is 11.8. The van der Waals surface area contributed by atoms with Crippen molar-refractivity contribution in [3.63, 3.8) is 0 Å². The highest BCUT2D eigenvalue weighted by atomic mass is 32.2. The molecule has 0 aliphatic carbocycles. The Hall–Kier alpha value is -0.480. The standard InChI is InChI=1S/C12H22N2OS/c1-2-9-16-10-8-14-12(15)11-6-4-3-5-7-13-11/h2,11,13H,1,3-10H2,(H,14,15). The number of thioether (sulfide) groups is 1. The maximum absolute atomic E-state index is 11.8. The zero-order valence-corrected chi connectivity index (χ0v) is 10.7. The first kappa shape index (κ1) is 13.6. The molecule has 1 amide bonds. The summed E-state index contributed by atoms with van der Waals surface area (Å²) in [5.74, 6) is 2.09. The molecule has 0 spiro atoms. The van der Waals surface area contributed by atoms with E-state index in [9.17, 15) is 4.79 Å². The Labute approximate surface area is 102 Å². The van der Waals surface area contributed by atoms with Gasteiger partial charge < -0.3 is 10.6 Å². The van der Waals surface area contributed by atoms with Crippen LogP contribution in [-0.2, 0) is 4.79 Å². The van der Waals surface area contributed by atoms with E-state index < -0.39 is 0 Å². The molecule has 3 nitrogen and oxygen atoms in total. The highest BCUT2D eigenvalue weighted by Crippen LogP contribution is 2.08. The van der Waals surface area contributed by atoms with E-state index in [4.69, 9.17) is 0 Å². The quantitative estimate of drug-likeness (QED) is 0.548. The van der Waals surface area contributed by atoms with Gasteiger partial charge in [-0.2, -0.15) is 11.8 Å². The van der Waals surface area contributed by atoms with Gasteiger partial charge in [-0.15, -0.1) is 6.58 Å². The zero-order valence-electron chi connectivity index (χ0n) is 9.84. The fraction of sp³-hybridized carbons (Fsp3) is 0.750. The van der Waals surface area contributed by atoms with Crippen molar-refractivity contribution < 1.29 is 4.79 Å². The van der Waals surface area contributed by atoms with Crippen LogP contribution >= 0.6 is 11.8 Å². The second-order valence-electron chi connectivity index (χ2n) is 4.01. The molecule has 1 saturated heterocycles. The average molecular weight is 242 g/mol. The van der Waals surface area contributed by atoms with Crippen molar-refractivity contribution in [1.29, 1.82) is 0 Å². The first-order valence-corrected chi connectivity index (χ1v) is 7.20. The smallest absolute Gasteiger partial charge is 0.237 e. The molecule has 0 aromatic carbocycles. The summed E-state index contributed by atoms with van der Waals surface area (Å²) in [4.78, 5) is 11.8. The molecule has 1 rings (SSSR count). The molecule has 0 radical (unpaired) electrons. The van der Waals surface area contributed by atoms with Crippen LogP contribution in [0.15, 0.2) is 12.7 Å². The lowest BCUT2D eigenvalue weighted by Crippen LogP contribution is -2.44. The molecule has 1 atom stereocenters. The number of hydrogen-bond acceptors (Lipinski definition) is 3. The molecule has 1 aliphatic rings. The molecule has 0 aromatic heterocycles. The summed E-state index contributed by atoms with van der Waals surface area (Å²) in [5.41, 5.74) is 0.